The minimum atomic E-state index is -3.85. The molecule has 1 aliphatic rings. The number of hydrogen-bond acceptors (Lipinski definition) is 5. The van der Waals surface area contributed by atoms with Crippen LogP contribution in [-0.4, -0.2) is 37.0 Å². The zero-order valence-corrected chi connectivity index (χ0v) is 15.0. The number of benzene rings is 1. The summed E-state index contributed by atoms with van der Waals surface area (Å²) in [5.41, 5.74) is 0.533. The first-order chi connectivity index (χ1) is 11.2. The molecule has 2 aromatic rings. The highest BCUT2D eigenvalue weighted by atomic mass is 32.2. The van der Waals surface area contributed by atoms with E-state index >= 15 is 0 Å². The number of hydrogen-bond donors (Lipinski definition) is 1. The van der Waals surface area contributed by atoms with Crippen LogP contribution in [-0.2, 0) is 20.2 Å². The lowest BCUT2D eigenvalue weighted by Gasteiger charge is -2.19. The molecule has 24 heavy (non-hydrogen) atoms. The van der Waals surface area contributed by atoms with Crippen molar-refractivity contribution in [3.05, 3.63) is 41.5 Å². The van der Waals surface area contributed by atoms with E-state index in [-0.39, 0.29) is 23.0 Å². The van der Waals surface area contributed by atoms with E-state index < -0.39 is 26.0 Å². The predicted octanol–water partition coefficient (Wildman–Crippen LogP) is 1.37. The van der Waals surface area contributed by atoms with Crippen molar-refractivity contribution in [2.75, 3.05) is 28.7 Å². The molecule has 3 rings (SSSR count). The van der Waals surface area contributed by atoms with Crippen LogP contribution in [0.3, 0.4) is 0 Å². The van der Waals surface area contributed by atoms with Crippen LogP contribution in [0.25, 0.3) is 0 Å². The third-order valence-electron chi connectivity index (χ3n) is 3.54. The first kappa shape index (κ1) is 17.1. The summed E-state index contributed by atoms with van der Waals surface area (Å²) in [6.45, 7) is -0.281. The van der Waals surface area contributed by atoms with E-state index in [2.05, 4.69) is 4.72 Å². The highest BCUT2D eigenvalue weighted by molar-refractivity contribution is 7.94. The molecular formula is C13H14FN3O4S3. The molecule has 0 fully saturated rings. The maximum Gasteiger partial charge on any atom is 0.326 e. The summed E-state index contributed by atoms with van der Waals surface area (Å²) in [5, 5.41) is 1.63. The summed E-state index contributed by atoms with van der Waals surface area (Å²) in [7, 11) is -6.17. The van der Waals surface area contributed by atoms with Crippen LogP contribution in [0.4, 0.5) is 15.8 Å². The minimum Gasteiger partial charge on any atom is -0.254 e. The van der Waals surface area contributed by atoms with Gasteiger partial charge in [0.1, 0.15) is 10.0 Å². The molecular weight excluding hydrogens is 377 g/mol. The fourth-order valence-corrected chi connectivity index (χ4v) is 5.84. The second kappa shape index (κ2) is 5.99. The molecule has 0 unspecified atom stereocenters. The SMILES string of the molecule is CN1c2ccc(F)cc2N(CCNS(=O)(=O)c2cccs2)S1(=O)=O. The highest BCUT2D eigenvalue weighted by Gasteiger charge is 2.38. The Morgan fingerprint density at radius 2 is 2.00 bits per heavy atom. The van der Waals surface area contributed by atoms with Crippen molar-refractivity contribution < 1.29 is 21.2 Å². The standard InChI is InChI=1S/C13H14FN3O4S3/c1-16-11-5-4-10(14)9-12(11)17(24(16,20)21)7-6-15-23(18,19)13-3-2-8-22-13/h2-5,8-9,15H,6-7H2,1H3. The van der Waals surface area contributed by atoms with Gasteiger partial charge in [-0.2, -0.15) is 8.42 Å². The van der Waals surface area contributed by atoms with Crippen molar-refractivity contribution in [1.82, 2.24) is 4.72 Å². The van der Waals surface area contributed by atoms with Crippen molar-refractivity contribution in [3.63, 3.8) is 0 Å². The lowest BCUT2D eigenvalue weighted by Crippen LogP contribution is -2.40. The van der Waals surface area contributed by atoms with E-state index in [1.165, 1.54) is 25.2 Å². The predicted molar refractivity (Wildman–Crippen MR) is 90.6 cm³/mol. The third-order valence-corrected chi connectivity index (χ3v) is 8.22. The third kappa shape index (κ3) is 2.88. The van der Waals surface area contributed by atoms with E-state index in [0.29, 0.717) is 5.69 Å². The van der Waals surface area contributed by atoms with Gasteiger partial charge >= 0.3 is 10.2 Å². The van der Waals surface area contributed by atoms with Gasteiger partial charge in [-0.3, -0.25) is 4.31 Å². The fourth-order valence-electron chi connectivity index (χ4n) is 2.36. The summed E-state index contributed by atoms with van der Waals surface area (Å²) in [6, 6.07) is 6.73. The summed E-state index contributed by atoms with van der Waals surface area (Å²) < 4.78 is 66.9. The topological polar surface area (TPSA) is 86.8 Å². The van der Waals surface area contributed by atoms with Gasteiger partial charge in [-0.05, 0) is 23.6 Å². The van der Waals surface area contributed by atoms with Gasteiger partial charge in [0.15, 0.2) is 0 Å². The largest absolute Gasteiger partial charge is 0.326 e. The lowest BCUT2D eigenvalue weighted by atomic mass is 10.2. The highest BCUT2D eigenvalue weighted by Crippen LogP contribution is 2.39. The first-order valence-corrected chi connectivity index (χ1v) is 10.6. The molecule has 1 aliphatic heterocycles. The van der Waals surface area contributed by atoms with Crippen LogP contribution in [0.1, 0.15) is 0 Å². The molecule has 0 aliphatic carbocycles. The zero-order chi connectivity index (χ0) is 17.5. The van der Waals surface area contributed by atoms with Gasteiger partial charge in [-0.25, -0.2) is 21.8 Å². The lowest BCUT2D eigenvalue weighted by molar-refractivity contribution is 0.579. The van der Waals surface area contributed by atoms with Gasteiger partial charge in [0.25, 0.3) is 0 Å². The molecule has 0 amide bonds. The number of sulfonamides is 1. The second-order valence-electron chi connectivity index (χ2n) is 5.01. The molecule has 0 saturated heterocycles. The molecule has 0 radical (unpaired) electrons. The Hall–Kier alpha value is -1.69. The Morgan fingerprint density at radius 3 is 2.67 bits per heavy atom. The van der Waals surface area contributed by atoms with Crippen LogP contribution in [0.2, 0.25) is 0 Å². The normalized spacial score (nSPS) is 16.4. The number of fused-ring (bicyclic) bond motifs is 1. The fraction of sp³-hybridized carbons (Fsp3) is 0.231. The smallest absolute Gasteiger partial charge is 0.254 e. The number of anilines is 2. The van der Waals surface area contributed by atoms with Gasteiger partial charge in [0.05, 0.1) is 11.4 Å². The molecule has 0 bridgehead atoms. The van der Waals surface area contributed by atoms with Crippen molar-refractivity contribution >= 4 is 42.9 Å². The van der Waals surface area contributed by atoms with E-state index in [4.69, 9.17) is 0 Å². The van der Waals surface area contributed by atoms with Gasteiger partial charge in [0, 0.05) is 26.2 Å². The van der Waals surface area contributed by atoms with E-state index in [9.17, 15) is 21.2 Å². The summed E-state index contributed by atoms with van der Waals surface area (Å²) in [4.78, 5) is 0. The van der Waals surface area contributed by atoms with Gasteiger partial charge in [0.2, 0.25) is 10.0 Å². The Morgan fingerprint density at radius 1 is 1.25 bits per heavy atom. The van der Waals surface area contributed by atoms with E-state index in [1.807, 2.05) is 0 Å². The Kier molecular flexibility index (Phi) is 4.28. The Labute approximate surface area is 143 Å². The average Bonchev–Trinajstić information content (AvgIpc) is 3.10. The Bertz CT molecular complexity index is 958. The van der Waals surface area contributed by atoms with Gasteiger partial charge in [-0.15, -0.1) is 11.3 Å². The Balaban J connectivity index is 1.79. The molecule has 0 spiro atoms. The molecule has 130 valence electrons. The second-order valence-corrected chi connectivity index (χ2v) is 9.84. The van der Waals surface area contributed by atoms with Crippen LogP contribution in [0.15, 0.2) is 39.9 Å². The quantitative estimate of drug-likeness (QED) is 0.834. The van der Waals surface area contributed by atoms with E-state index in [0.717, 1.165) is 26.0 Å². The monoisotopic (exact) mass is 391 g/mol. The van der Waals surface area contributed by atoms with Crippen molar-refractivity contribution in [1.29, 1.82) is 0 Å². The maximum atomic E-state index is 13.5. The molecule has 1 aromatic heterocycles. The maximum absolute atomic E-state index is 13.5. The van der Waals surface area contributed by atoms with Crippen LogP contribution in [0, 0.1) is 5.82 Å². The average molecular weight is 391 g/mol. The van der Waals surface area contributed by atoms with Crippen molar-refractivity contribution in [2.24, 2.45) is 0 Å². The molecule has 0 atom stereocenters. The number of halogens is 1. The first-order valence-electron chi connectivity index (χ1n) is 6.83. The molecule has 1 aromatic carbocycles. The van der Waals surface area contributed by atoms with Crippen molar-refractivity contribution in [2.45, 2.75) is 4.21 Å². The number of rotatable bonds is 5. The summed E-state index contributed by atoms with van der Waals surface area (Å²) in [5.74, 6) is -0.566. The molecule has 7 nitrogen and oxygen atoms in total. The van der Waals surface area contributed by atoms with Gasteiger partial charge in [-0.1, -0.05) is 6.07 Å². The summed E-state index contributed by atoms with van der Waals surface area (Å²) in [6.07, 6.45) is 0. The number of nitrogens with one attached hydrogen (secondary N) is 1. The van der Waals surface area contributed by atoms with E-state index in [1.54, 1.807) is 11.4 Å². The van der Waals surface area contributed by atoms with Crippen LogP contribution >= 0.6 is 11.3 Å². The minimum absolute atomic E-state index is 0.136. The van der Waals surface area contributed by atoms with Crippen LogP contribution in [0.5, 0.6) is 0 Å². The number of nitrogens with zero attached hydrogens (tertiary/aromatic N) is 2. The molecule has 2 heterocycles. The molecule has 1 N–H and O–H groups in total. The van der Waals surface area contributed by atoms with Crippen molar-refractivity contribution in [3.8, 4) is 0 Å². The summed E-state index contributed by atoms with van der Waals surface area (Å²) >= 11 is 1.06. The van der Waals surface area contributed by atoms with Gasteiger partial charge < -0.3 is 0 Å². The molecule has 0 saturated carbocycles. The number of thiophene rings is 1. The van der Waals surface area contributed by atoms with Crippen LogP contribution < -0.4 is 13.3 Å². The zero-order valence-electron chi connectivity index (χ0n) is 12.5. The molecule has 11 heteroatoms.